The fourth-order valence-corrected chi connectivity index (χ4v) is 6.34. The summed E-state index contributed by atoms with van der Waals surface area (Å²) < 4.78 is 0. The first kappa shape index (κ1) is 58.3. The van der Waals surface area contributed by atoms with Crippen LogP contribution < -0.4 is 59.7 Å². The second kappa shape index (κ2) is 29.1. The van der Waals surface area contributed by atoms with Crippen molar-refractivity contribution in [3.8, 4) is 5.75 Å². The van der Waals surface area contributed by atoms with E-state index in [1.165, 1.54) is 57.6 Å². The summed E-state index contributed by atoms with van der Waals surface area (Å²) in [6, 6.07) is -4.73. The smallest absolute Gasteiger partial charge is 0.325 e. The molecule has 8 atom stereocenters. The number of benzene rings is 1. The minimum absolute atomic E-state index is 0.0174. The first-order valence-electron chi connectivity index (χ1n) is 22.3. The standard InChI is InChI=1S/C43H66N14O13/c1-21(2)15-30(40(67)55-29(12-13-34(60)61)39(66)53-24(5)42(69)70)54-33(59)19-49-38(65)31(16-25-8-10-27(58)11-9-25)57-41(68)32(17-26-18-47-20-50-26)56-36(63)23(4)51-35(62)22(3)52-37(64)28(44)7-6-14-48-43(45)46/h8-11,18,20-24,28-32,58H,6-7,12-17,19,44H2,1-5H3,(H,47,50)(H,49,65)(H,51,62)(H,52,64)(H,53,66)(H,54,59)(H,55,67)(H,56,63)(H,57,68)(H,60,61)(H,69,70)(H4,45,46,48)/t22-,23-,24-,28-,29-,30-,31-,32-/m0/s1. The molecule has 70 heavy (non-hydrogen) atoms. The number of nitrogens with two attached hydrogens (primary N) is 3. The van der Waals surface area contributed by atoms with E-state index in [1.807, 2.05) is 0 Å². The summed E-state index contributed by atoms with van der Waals surface area (Å²) >= 11 is 0. The Morgan fingerprint density at radius 1 is 0.657 bits per heavy atom. The molecule has 1 aromatic heterocycles. The summed E-state index contributed by atoms with van der Waals surface area (Å²) in [6.45, 7) is 6.85. The number of H-pyrrole nitrogens is 1. The second-order valence-corrected chi connectivity index (χ2v) is 16.8. The number of aliphatic carboxylic acids is 2. The van der Waals surface area contributed by atoms with Crippen molar-refractivity contribution < 1.29 is 63.3 Å². The highest BCUT2D eigenvalue weighted by Gasteiger charge is 2.32. The van der Waals surface area contributed by atoms with Gasteiger partial charge in [0.2, 0.25) is 47.3 Å². The molecule has 8 amide bonds. The van der Waals surface area contributed by atoms with Crippen molar-refractivity contribution in [2.24, 2.45) is 28.1 Å². The van der Waals surface area contributed by atoms with Crippen LogP contribution in [0.2, 0.25) is 0 Å². The Morgan fingerprint density at radius 2 is 1.20 bits per heavy atom. The fourth-order valence-electron chi connectivity index (χ4n) is 6.34. The van der Waals surface area contributed by atoms with Crippen molar-refractivity contribution in [2.75, 3.05) is 13.1 Å². The van der Waals surface area contributed by atoms with Gasteiger partial charge in [0.05, 0.1) is 18.9 Å². The van der Waals surface area contributed by atoms with Gasteiger partial charge in [0, 0.05) is 37.7 Å². The number of carbonyl (C=O) groups is 10. The number of hydrogen-bond donors (Lipinski definition) is 15. The lowest BCUT2D eigenvalue weighted by atomic mass is 10.0. The zero-order valence-electron chi connectivity index (χ0n) is 39.6. The van der Waals surface area contributed by atoms with Crippen LogP contribution in [0.3, 0.4) is 0 Å². The van der Waals surface area contributed by atoms with Gasteiger partial charge in [-0.15, -0.1) is 0 Å². The Balaban J connectivity index is 2.24. The van der Waals surface area contributed by atoms with Gasteiger partial charge >= 0.3 is 11.9 Å². The maximum absolute atomic E-state index is 14.0. The monoisotopic (exact) mass is 986 g/mol. The number of phenolic OH excluding ortho intramolecular Hbond substituents is 1. The number of nitrogens with zero attached hydrogens (tertiary/aromatic N) is 2. The molecule has 18 N–H and O–H groups in total. The molecule has 0 saturated heterocycles. The van der Waals surface area contributed by atoms with Crippen molar-refractivity contribution in [3.05, 3.63) is 48.0 Å². The number of carboxylic acids is 2. The predicted octanol–water partition coefficient (Wildman–Crippen LogP) is -4.15. The molecular formula is C43H66N14O13. The van der Waals surface area contributed by atoms with E-state index in [0.29, 0.717) is 17.7 Å². The minimum Gasteiger partial charge on any atom is -0.508 e. The third-order valence-electron chi connectivity index (χ3n) is 10.2. The topological polar surface area (TPSA) is 447 Å². The summed E-state index contributed by atoms with van der Waals surface area (Å²) in [5, 5.41) is 47.8. The molecule has 0 fully saturated rings. The third kappa shape index (κ3) is 21.9. The molecule has 0 aliphatic carbocycles. The number of aromatic nitrogens is 2. The highest BCUT2D eigenvalue weighted by molar-refractivity contribution is 5.97. The van der Waals surface area contributed by atoms with E-state index in [4.69, 9.17) is 17.2 Å². The van der Waals surface area contributed by atoms with Crippen LogP contribution >= 0.6 is 0 Å². The molecule has 2 aromatic rings. The summed E-state index contributed by atoms with van der Waals surface area (Å²) in [4.78, 5) is 140. The number of hydrogen-bond acceptors (Lipinski definition) is 14. The molecule has 1 aromatic carbocycles. The number of aromatic hydroxyl groups is 1. The molecule has 0 aliphatic heterocycles. The van der Waals surface area contributed by atoms with Crippen LogP contribution in [0.5, 0.6) is 5.75 Å². The molecule has 27 nitrogen and oxygen atoms in total. The van der Waals surface area contributed by atoms with Gasteiger partial charge in [-0.1, -0.05) is 26.0 Å². The summed E-state index contributed by atoms with van der Waals surface area (Å²) in [5.41, 5.74) is 17.4. The van der Waals surface area contributed by atoms with Crippen LogP contribution in [-0.4, -0.2) is 152 Å². The highest BCUT2D eigenvalue weighted by Crippen LogP contribution is 2.13. The highest BCUT2D eigenvalue weighted by atomic mass is 16.4. The zero-order valence-corrected chi connectivity index (χ0v) is 39.6. The third-order valence-corrected chi connectivity index (χ3v) is 10.2. The Labute approximate surface area is 403 Å². The molecule has 386 valence electrons. The van der Waals surface area contributed by atoms with Crippen LogP contribution in [0.25, 0.3) is 0 Å². The number of imidazole rings is 1. The number of guanidine groups is 1. The first-order valence-corrected chi connectivity index (χ1v) is 22.3. The molecule has 0 spiro atoms. The Hall–Kier alpha value is -7.84. The van der Waals surface area contributed by atoms with E-state index in [9.17, 15) is 63.3 Å². The molecule has 0 radical (unpaired) electrons. The molecule has 0 bridgehead atoms. The molecular weight excluding hydrogens is 921 g/mol. The van der Waals surface area contributed by atoms with Gasteiger partial charge in [0.25, 0.3) is 0 Å². The van der Waals surface area contributed by atoms with Gasteiger partial charge in [-0.25, -0.2) is 4.98 Å². The Bertz CT molecular complexity index is 2150. The van der Waals surface area contributed by atoms with E-state index >= 15 is 0 Å². The normalized spacial score (nSPS) is 14.3. The Morgan fingerprint density at radius 3 is 1.77 bits per heavy atom. The van der Waals surface area contributed by atoms with Crippen molar-refractivity contribution >= 4 is 65.2 Å². The van der Waals surface area contributed by atoms with E-state index in [1.54, 1.807) is 13.8 Å². The SMILES string of the molecule is CC(C)C[C@H](NC(=O)CNC(=O)[C@H](Cc1ccc(O)cc1)NC(=O)[C@H](Cc1cnc[nH]1)NC(=O)[C@H](C)NC(=O)[C@H](C)NC(=O)[C@@H](N)CCCN=C(N)N)C(=O)N[C@@H](CCC(=O)O)C(=O)N[C@@H](C)C(=O)O. The fraction of sp³-hybridized carbons (Fsp3) is 0.535. The Kier molecular flexibility index (Phi) is 24.3. The summed E-state index contributed by atoms with van der Waals surface area (Å²) in [5.74, 6) is -9.83. The lowest BCUT2D eigenvalue weighted by molar-refractivity contribution is -0.142. The molecule has 27 heteroatoms. The summed E-state index contributed by atoms with van der Waals surface area (Å²) in [7, 11) is 0. The van der Waals surface area contributed by atoms with Gasteiger partial charge in [-0.3, -0.25) is 52.9 Å². The quantitative estimate of drug-likeness (QED) is 0.0201. The predicted molar refractivity (Wildman–Crippen MR) is 249 cm³/mol. The largest absolute Gasteiger partial charge is 0.508 e. The lowest BCUT2D eigenvalue weighted by Gasteiger charge is -2.25. The average molecular weight is 987 g/mol. The molecule has 0 aliphatic rings. The van der Waals surface area contributed by atoms with Gasteiger partial charge in [0.15, 0.2) is 5.96 Å². The number of nitrogens with one attached hydrogen (secondary N) is 9. The zero-order chi connectivity index (χ0) is 52.7. The molecule has 0 saturated carbocycles. The molecule has 1 heterocycles. The number of rotatable bonds is 30. The number of aromatic amines is 1. The first-order chi connectivity index (χ1) is 32.9. The van der Waals surface area contributed by atoms with E-state index in [2.05, 4.69) is 57.5 Å². The van der Waals surface area contributed by atoms with Gasteiger partial charge in [-0.2, -0.15) is 0 Å². The molecule has 2 rings (SSSR count). The van der Waals surface area contributed by atoms with Crippen molar-refractivity contribution in [3.63, 3.8) is 0 Å². The van der Waals surface area contributed by atoms with E-state index in [0.717, 1.165) is 0 Å². The van der Waals surface area contributed by atoms with Gasteiger partial charge < -0.3 is 80.0 Å². The van der Waals surface area contributed by atoms with E-state index in [-0.39, 0.29) is 49.9 Å². The van der Waals surface area contributed by atoms with Crippen LogP contribution in [0.1, 0.15) is 78.0 Å². The van der Waals surface area contributed by atoms with Gasteiger partial charge in [-0.05, 0) is 70.1 Å². The molecule has 0 unspecified atom stereocenters. The van der Waals surface area contributed by atoms with Crippen molar-refractivity contribution in [2.45, 2.75) is 128 Å². The van der Waals surface area contributed by atoms with E-state index < -0.39 is 127 Å². The van der Waals surface area contributed by atoms with Gasteiger partial charge in [0.1, 0.15) is 48.0 Å². The van der Waals surface area contributed by atoms with Crippen molar-refractivity contribution in [1.82, 2.24) is 52.5 Å². The number of amides is 8. The van der Waals surface area contributed by atoms with Crippen LogP contribution in [-0.2, 0) is 60.8 Å². The summed E-state index contributed by atoms with van der Waals surface area (Å²) in [6.07, 6.45) is 2.00. The number of carboxylic acid groups (broad SMARTS) is 2. The van der Waals surface area contributed by atoms with Crippen LogP contribution in [0.4, 0.5) is 0 Å². The van der Waals surface area contributed by atoms with Crippen LogP contribution in [0.15, 0.2) is 41.8 Å². The minimum atomic E-state index is -1.49. The number of phenols is 1. The maximum atomic E-state index is 14.0. The number of aliphatic imine (C=N–C) groups is 1. The maximum Gasteiger partial charge on any atom is 0.325 e. The van der Waals surface area contributed by atoms with Crippen molar-refractivity contribution in [1.29, 1.82) is 0 Å². The number of carbonyl (C=O) groups excluding carboxylic acids is 8. The van der Waals surface area contributed by atoms with Crippen LogP contribution in [0, 0.1) is 5.92 Å². The second-order valence-electron chi connectivity index (χ2n) is 16.8. The lowest BCUT2D eigenvalue weighted by Crippen LogP contribution is -2.59. The average Bonchev–Trinajstić information content (AvgIpc) is 3.80.